The number of pyridine rings is 1. The minimum Gasteiger partial charge on any atom is -0.383 e. The number of nitro benzene ring substituents is 1. The molecule has 2 aromatic rings. The van der Waals surface area contributed by atoms with Gasteiger partial charge in [-0.15, -0.1) is 0 Å². The van der Waals surface area contributed by atoms with Gasteiger partial charge in [0.1, 0.15) is 6.07 Å². The summed E-state index contributed by atoms with van der Waals surface area (Å²) >= 11 is 6.09. The molecule has 0 saturated carbocycles. The van der Waals surface area contributed by atoms with E-state index in [4.69, 9.17) is 11.6 Å². The third kappa shape index (κ3) is 3.26. The van der Waals surface area contributed by atoms with Crippen molar-refractivity contribution in [1.29, 1.82) is 5.26 Å². The first-order valence-corrected chi connectivity index (χ1v) is 7.01. The van der Waals surface area contributed by atoms with E-state index in [-0.39, 0.29) is 16.1 Å². The summed E-state index contributed by atoms with van der Waals surface area (Å²) in [5.74, 6) is 0. The van der Waals surface area contributed by atoms with E-state index in [9.17, 15) is 15.4 Å². The lowest BCUT2D eigenvalue weighted by Gasteiger charge is -2.21. The van der Waals surface area contributed by atoms with Gasteiger partial charge in [-0.2, -0.15) is 5.26 Å². The Morgan fingerprint density at radius 3 is 2.68 bits per heavy atom. The molecular formula is C15H15ClN4O2. The molecule has 1 heterocycles. The van der Waals surface area contributed by atoms with Crippen molar-refractivity contribution in [3.63, 3.8) is 0 Å². The first kappa shape index (κ1) is 16.0. The van der Waals surface area contributed by atoms with Crippen LogP contribution in [-0.4, -0.2) is 16.5 Å². The Hall–Kier alpha value is -2.39. The average Bonchev–Trinajstić information content (AvgIpc) is 2.43. The molecule has 2 rings (SSSR count). The summed E-state index contributed by atoms with van der Waals surface area (Å²) in [5.41, 5.74) is 1.13. The first-order chi connectivity index (χ1) is 10.2. The van der Waals surface area contributed by atoms with Gasteiger partial charge in [-0.25, -0.2) is 0 Å². The molecule has 1 aromatic carbocycles. The van der Waals surface area contributed by atoms with Crippen molar-refractivity contribution >= 4 is 33.9 Å². The van der Waals surface area contributed by atoms with Crippen LogP contribution in [0.4, 0.5) is 11.4 Å². The highest BCUT2D eigenvalue weighted by Gasteiger charge is 2.18. The quantitative estimate of drug-likeness (QED) is 0.678. The maximum absolute atomic E-state index is 11.0. The number of anilines is 1. The first-order valence-electron chi connectivity index (χ1n) is 6.63. The van der Waals surface area contributed by atoms with E-state index in [2.05, 4.69) is 16.4 Å². The summed E-state index contributed by atoms with van der Waals surface area (Å²) in [4.78, 5) is 14.6. The maximum Gasteiger partial charge on any atom is 0.271 e. The SMILES string of the molecule is CC(C)(C)CNc1c(C#N)cnc2c(Cl)cc([N+](=O)[O-])cc12. The van der Waals surface area contributed by atoms with Crippen molar-refractivity contribution in [1.82, 2.24) is 4.98 Å². The molecule has 0 saturated heterocycles. The zero-order valence-electron chi connectivity index (χ0n) is 12.5. The second kappa shape index (κ2) is 5.78. The fraction of sp³-hybridized carbons (Fsp3) is 0.333. The number of hydrogen-bond donors (Lipinski definition) is 1. The normalized spacial score (nSPS) is 11.2. The van der Waals surface area contributed by atoms with Crippen LogP contribution < -0.4 is 5.32 Å². The number of nitrogens with zero attached hydrogens (tertiary/aromatic N) is 3. The Bertz CT molecular complexity index is 791. The highest BCUT2D eigenvalue weighted by Crippen LogP contribution is 2.34. The predicted molar refractivity (Wildman–Crippen MR) is 86.1 cm³/mol. The Balaban J connectivity index is 2.69. The molecule has 0 atom stereocenters. The van der Waals surface area contributed by atoms with Gasteiger partial charge in [0.2, 0.25) is 0 Å². The third-order valence-corrected chi connectivity index (χ3v) is 3.32. The smallest absolute Gasteiger partial charge is 0.271 e. The van der Waals surface area contributed by atoms with Crippen molar-refractivity contribution in [2.75, 3.05) is 11.9 Å². The van der Waals surface area contributed by atoms with Crippen LogP contribution in [0, 0.1) is 26.9 Å². The standard InChI is InChI=1S/C15H15ClN4O2/c1-15(2,3)8-19-13-9(6-17)7-18-14-11(13)4-10(20(21)22)5-12(14)16/h4-5,7H,8H2,1-3H3,(H,18,19). The van der Waals surface area contributed by atoms with Crippen molar-refractivity contribution in [2.24, 2.45) is 5.41 Å². The number of aromatic nitrogens is 1. The molecular weight excluding hydrogens is 304 g/mol. The molecule has 6 nitrogen and oxygen atoms in total. The Kier molecular flexibility index (Phi) is 4.20. The summed E-state index contributed by atoms with van der Waals surface area (Å²) in [6.07, 6.45) is 1.42. The summed E-state index contributed by atoms with van der Waals surface area (Å²) in [6.45, 7) is 6.74. The van der Waals surface area contributed by atoms with Crippen LogP contribution in [0.3, 0.4) is 0 Å². The van der Waals surface area contributed by atoms with Crippen LogP contribution in [-0.2, 0) is 0 Å². The highest BCUT2D eigenvalue weighted by atomic mass is 35.5. The van der Waals surface area contributed by atoms with E-state index in [1.807, 2.05) is 20.8 Å². The molecule has 0 aliphatic rings. The molecule has 0 unspecified atom stereocenters. The van der Waals surface area contributed by atoms with E-state index >= 15 is 0 Å². The zero-order chi connectivity index (χ0) is 16.5. The van der Waals surface area contributed by atoms with Crippen LogP contribution in [0.25, 0.3) is 10.9 Å². The molecule has 0 aliphatic heterocycles. The number of nitro groups is 1. The van der Waals surface area contributed by atoms with Gasteiger partial charge in [0.15, 0.2) is 0 Å². The number of hydrogen-bond acceptors (Lipinski definition) is 5. The maximum atomic E-state index is 11.0. The molecule has 0 spiro atoms. The van der Waals surface area contributed by atoms with Crippen molar-refractivity contribution in [3.05, 3.63) is 39.0 Å². The second-order valence-electron chi connectivity index (χ2n) is 6.15. The summed E-state index contributed by atoms with van der Waals surface area (Å²) < 4.78 is 0. The van der Waals surface area contributed by atoms with Gasteiger partial charge in [-0.1, -0.05) is 32.4 Å². The number of benzene rings is 1. The van der Waals surface area contributed by atoms with Gasteiger partial charge >= 0.3 is 0 Å². The lowest BCUT2D eigenvalue weighted by atomic mass is 9.96. The number of rotatable bonds is 3. The Morgan fingerprint density at radius 1 is 1.45 bits per heavy atom. The topological polar surface area (TPSA) is 91.8 Å². The molecule has 0 radical (unpaired) electrons. The monoisotopic (exact) mass is 318 g/mol. The molecule has 22 heavy (non-hydrogen) atoms. The molecule has 7 heteroatoms. The van der Waals surface area contributed by atoms with Gasteiger partial charge in [-0.05, 0) is 5.41 Å². The number of fused-ring (bicyclic) bond motifs is 1. The van der Waals surface area contributed by atoms with Crippen LogP contribution >= 0.6 is 11.6 Å². The fourth-order valence-corrected chi connectivity index (χ4v) is 2.24. The molecule has 0 fully saturated rings. The van der Waals surface area contributed by atoms with Crippen molar-refractivity contribution < 1.29 is 4.92 Å². The predicted octanol–water partition coefficient (Wildman–Crippen LogP) is 4.13. The summed E-state index contributed by atoms with van der Waals surface area (Å²) in [7, 11) is 0. The van der Waals surface area contributed by atoms with Gasteiger partial charge in [0, 0.05) is 30.3 Å². The van der Waals surface area contributed by atoms with Gasteiger partial charge < -0.3 is 5.32 Å². The number of halogens is 1. The minimum atomic E-state index is -0.516. The van der Waals surface area contributed by atoms with E-state index in [0.717, 1.165) is 0 Å². The van der Waals surface area contributed by atoms with Gasteiger partial charge in [0.25, 0.3) is 5.69 Å². The second-order valence-corrected chi connectivity index (χ2v) is 6.56. The largest absolute Gasteiger partial charge is 0.383 e. The van der Waals surface area contributed by atoms with E-state index in [1.165, 1.54) is 18.3 Å². The Morgan fingerprint density at radius 2 is 2.14 bits per heavy atom. The van der Waals surface area contributed by atoms with E-state index < -0.39 is 4.92 Å². The summed E-state index contributed by atoms with van der Waals surface area (Å²) in [5, 5.41) is 24.1. The van der Waals surface area contributed by atoms with E-state index in [0.29, 0.717) is 28.7 Å². The average molecular weight is 319 g/mol. The van der Waals surface area contributed by atoms with Gasteiger partial charge in [-0.3, -0.25) is 15.1 Å². The number of nitriles is 1. The molecule has 1 N–H and O–H groups in total. The van der Waals surface area contributed by atoms with Crippen LogP contribution in [0.15, 0.2) is 18.3 Å². The van der Waals surface area contributed by atoms with Crippen LogP contribution in [0.5, 0.6) is 0 Å². The van der Waals surface area contributed by atoms with Crippen molar-refractivity contribution in [3.8, 4) is 6.07 Å². The molecule has 0 amide bonds. The summed E-state index contributed by atoms with van der Waals surface area (Å²) in [6, 6.07) is 4.70. The number of nitrogens with one attached hydrogen (secondary N) is 1. The third-order valence-electron chi connectivity index (χ3n) is 3.04. The van der Waals surface area contributed by atoms with Crippen LogP contribution in [0.2, 0.25) is 5.02 Å². The molecule has 0 bridgehead atoms. The zero-order valence-corrected chi connectivity index (χ0v) is 13.2. The highest BCUT2D eigenvalue weighted by molar-refractivity contribution is 6.35. The van der Waals surface area contributed by atoms with Crippen LogP contribution in [0.1, 0.15) is 26.3 Å². The van der Waals surface area contributed by atoms with Crippen molar-refractivity contribution in [2.45, 2.75) is 20.8 Å². The molecule has 1 aromatic heterocycles. The van der Waals surface area contributed by atoms with E-state index in [1.54, 1.807) is 0 Å². The molecule has 0 aliphatic carbocycles. The van der Waals surface area contributed by atoms with Gasteiger partial charge in [0.05, 0.1) is 26.7 Å². The lowest BCUT2D eigenvalue weighted by Crippen LogP contribution is -2.19. The number of non-ortho nitro benzene ring substituents is 1. The fourth-order valence-electron chi connectivity index (χ4n) is 1.98. The molecule has 114 valence electrons. The Labute approximate surface area is 132 Å². The lowest BCUT2D eigenvalue weighted by molar-refractivity contribution is -0.384. The minimum absolute atomic E-state index is 0.0210.